The van der Waals surface area contributed by atoms with Crippen LogP contribution in [-0.4, -0.2) is 38.2 Å². The van der Waals surface area contributed by atoms with Crippen molar-refractivity contribution in [2.75, 3.05) is 6.54 Å². The van der Waals surface area contributed by atoms with Gasteiger partial charge in [0, 0.05) is 30.7 Å². The number of carbonyl (C=O) groups is 1. The van der Waals surface area contributed by atoms with Crippen LogP contribution in [0, 0.1) is 5.92 Å². The Morgan fingerprint density at radius 3 is 2.95 bits per heavy atom. The average Bonchev–Trinajstić information content (AvgIpc) is 3.25. The third-order valence-corrected chi connectivity index (χ3v) is 4.19. The van der Waals surface area contributed by atoms with Crippen molar-refractivity contribution in [2.45, 2.75) is 31.8 Å². The van der Waals surface area contributed by atoms with Crippen LogP contribution in [0.3, 0.4) is 0 Å². The van der Waals surface area contributed by atoms with Crippen LogP contribution in [0.25, 0.3) is 5.82 Å². The van der Waals surface area contributed by atoms with Gasteiger partial charge in [0.05, 0.1) is 6.10 Å². The highest BCUT2D eigenvalue weighted by molar-refractivity contribution is 5.94. The smallest absolute Gasteiger partial charge is 0.251 e. The summed E-state index contributed by atoms with van der Waals surface area (Å²) in [5, 5.41) is 12.9. The monoisotopic (exact) mass is 300 g/mol. The van der Waals surface area contributed by atoms with Crippen molar-refractivity contribution in [3.05, 3.63) is 42.6 Å². The molecule has 0 spiro atoms. The molecule has 116 valence electrons. The molecule has 1 saturated carbocycles. The predicted octanol–water partition coefficient (Wildman–Crippen LogP) is 1.55. The molecule has 1 unspecified atom stereocenters. The summed E-state index contributed by atoms with van der Waals surface area (Å²) in [6, 6.07) is 3.37. The minimum Gasteiger partial charge on any atom is -0.391 e. The van der Waals surface area contributed by atoms with Crippen molar-refractivity contribution < 1.29 is 9.90 Å². The van der Waals surface area contributed by atoms with E-state index in [-0.39, 0.29) is 5.91 Å². The summed E-state index contributed by atoms with van der Waals surface area (Å²) in [6.07, 6.45) is 10.7. The van der Waals surface area contributed by atoms with Gasteiger partial charge in [-0.3, -0.25) is 9.36 Å². The van der Waals surface area contributed by atoms with Crippen LogP contribution in [-0.2, 0) is 0 Å². The molecular formula is C16H20N4O2. The van der Waals surface area contributed by atoms with E-state index in [0.717, 1.165) is 12.8 Å². The predicted molar refractivity (Wildman–Crippen MR) is 81.7 cm³/mol. The summed E-state index contributed by atoms with van der Waals surface area (Å²) < 4.78 is 1.74. The molecule has 3 rings (SSSR count). The number of pyridine rings is 1. The molecular weight excluding hydrogens is 280 g/mol. The van der Waals surface area contributed by atoms with Gasteiger partial charge in [-0.05, 0) is 30.9 Å². The van der Waals surface area contributed by atoms with E-state index in [0.29, 0.717) is 23.8 Å². The van der Waals surface area contributed by atoms with Crippen LogP contribution in [0.2, 0.25) is 0 Å². The molecule has 2 aromatic heterocycles. The number of aliphatic hydroxyl groups is 1. The Morgan fingerprint density at radius 2 is 2.23 bits per heavy atom. The van der Waals surface area contributed by atoms with Crippen LogP contribution < -0.4 is 5.32 Å². The Labute approximate surface area is 129 Å². The Morgan fingerprint density at radius 1 is 1.41 bits per heavy atom. The number of aliphatic hydroxyl groups excluding tert-OH is 1. The first-order valence-electron chi connectivity index (χ1n) is 7.64. The molecule has 2 aromatic rings. The molecule has 2 N–H and O–H groups in total. The SMILES string of the molecule is O=C(NCC(O)C1CCCC1)c1ccnc(-n2ccnc2)c1. The summed E-state index contributed by atoms with van der Waals surface area (Å²) >= 11 is 0. The van der Waals surface area contributed by atoms with Gasteiger partial charge >= 0.3 is 0 Å². The number of hydrogen-bond acceptors (Lipinski definition) is 4. The number of rotatable bonds is 5. The molecule has 0 aromatic carbocycles. The molecule has 2 heterocycles. The van der Waals surface area contributed by atoms with Gasteiger partial charge in [0.1, 0.15) is 12.1 Å². The summed E-state index contributed by atoms with van der Waals surface area (Å²) in [5.41, 5.74) is 0.525. The van der Waals surface area contributed by atoms with Crippen LogP contribution in [0.5, 0.6) is 0 Å². The zero-order chi connectivity index (χ0) is 15.4. The van der Waals surface area contributed by atoms with Crippen molar-refractivity contribution >= 4 is 5.91 Å². The first kappa shape index (κ1) is 14.7. The molecule has 0 aliphatic heterocycles. The second kappa shape index (κ2) is 6.70. The summed E-state index contributed by atoms with van der Waals surface area (Å²) in [6.45, 7) is 0.298. The van der Waals surface area contributed by atoms with E-state index < -0.39 is 6.10 Å². The molecule has 22 heavy (non-hydrogen) atoms. The molecule has 1 aliphatic carbocycles. The number of imidazole rings is 1. The molecule has 1 amide bonds. The van der Waals surface area contributed by atoms with Crippen molar-refractivity contribution in [3.63, 3.8) is 0 Å². The van der Waals surface area contributed by atoms with Gasteiger partial charge in [0.2, 0.25) is 0 Å². The van der Waals surface area contributed by atoms with Gasteiger partial charge in [0.25, 0.3) is 5.91 Å². The number of nitrogens with one attached hydrogen (secondary N) is 1. The highest BCUT2D eigenvalue weighted by atomic mass is 16.3. The van der Waals surface area contributed by atoms with Gasteiger partial charge in [-0.25, -0.2) is 9.97 Å². The number of carbonyl (C=O) groups excluding carboxylic acids is 1. The first-order valence-corrected chi connectivity index (χ1v) is 7.64. The largest absolute Gasteiger partial charge is 0.391 e. The Balaban J connectivity index is 1.61. The number of nitrogens with zero attached hydrogens (tertiary/aromatic N) is 3. The van der Waals surface area contributed by atoms with E-state index in [1.54, 1.807) is 41.6 Å². The fraction of sp³-hybridized carbons (Fsp3) is 0.438. The number of hydrogen-bond donors (Lipinski definition) is 2. The van der Waals surface area contributed by atoms with Crippen LogP contribution >= 0.6 is 0 Å². The van der Waals surface area contributed by atoms with Crippen molar-refractivity contribution in [1.29, 1.82) is 0 Å². The molecule has 6 heteroatoms. The normalized spacial score (nSPS) is 16.6. The van der Waals surface area contributed by atoms with Crippen LogP contribution in [0.15, 0.2) is 37.1 Å². The number of aromatic nitrogens is 3. The average molecular weight is 300 g/mol. The van der Waals surface area contributed by atoms with E-state index in [4.69, 9.17) is 0 Å². The molecule has 0 saturated heterocycles. The van der Waals surface area contributed by atoms with Gasteiger partial charge < -0.3 is 10.4 Å². The Hall–Kier alpha value is -2.21. The Bertz CT molecular complexity index is 621. The van der Waals surface area contributed by atoms with Gasteiger partial charge in [-0.15, -0.1) is 0 Å². The summed E-state index contributed by atoms with van der Waals surface area (Å²) in [4.78, 5) is 20.4. The maximum absolute atomic E-state index is 12.2. The fourth-order valence-corrected chi connectivity index (χ4v) is 2.90. The highest BCUT2D eigenvalue weighted by Crippen LogP contribution is 2.27. The lowest BCUT2D eigenvalue weighted by atomic mass is 10.0. The third-order valence-electron chi connectivity index (χ3n) is 4.19. The lowest BCUT2D eigenvalue weighted by Crippen LogP contribution is -2.35. The van der Waals surface area contributed by atoms with E-state index in [1.807, 2.05) is 0 Å². The molecule has 0 radical (unpaired) electrons. The van der Waals surface area contributed by atoms with Crippen molar-refractivity contribution in [1.82, 2.24) is 19.9 Å². The zero-order valence-electron chi connectivity index (χ0n) is 12.4. The van der Waals surface area contributed by atoms with E-state index in [9.17, 15) is 9.90 Å². The van der Waals surface area contributed by atoms with E-state index >= 15 is 0 Å². The van der Waals surface area contributed by atoms with Crippen molar-refractivity contribution in [3.8, 4) is 5.82 Å². The van der Waals surface area contributed by atoms with Gasteiger partial charge in [0.15, 0.2) is 0 Å². The molecule has 1 atom stereocenters. The quantitative estimate of drug-likeness (QED) is 0.878. The first-order chi connectivity index (χ1) is 10.7. The minimum atomic E-state index is -0.457. The molecule has 1 fully saturated rings. The van der Waals surface area contributed by atoms with E-state index in [1.165, 1.54) is 12.8 Å². The fourth-order valence-electron chi connectivity index (χ4n) is 2.90. The Kier molecular flexibility index (Phi) is 4.48. The maximum atomic E-state index is 12.2. The minimum absolute atomic E-state index is 0.194. The zero-order valence-corrected chi connectivity index (χ0v) is 12.4. The maximum Gasteiger partial charge on any atom is 0.251 e. The van der Waals surface area contributed by atoms with Gasteiger partial charge in [-0.1, -0.05) is 12.8 Å². The van der Waals surface area contributed by atoms with Crippen LogP contribution in [0.1, 0.15) is 36.0 Å². The number of amides is 1. The van der Waals surface area contributed by atoms with Gasteiger partial charge in [-0.2, -0.15) is 0 Å². The topological polar surface area (TPSA) is 80.0 Å². The summed E-state index contributed by atoms with van der Waals surface area (Å²) in [7, 11) is 0. The molecule has 0 bridgehead atoms. The lowest BCUT2D eigenvalue weighted by molar-refractivity contribution is 0.0840. The summed E-state index contributed by atoms with van der Waals surface area (Å²) in [5.74, 6) is 0.765. The third kappa shape index (κ3) is 3.33. The second-order valence-corrected chi connectivity index (χ2v) is 5.69. The van der Waals surface area contributed by atoms with E-state index in [2.05, 4.69) is 15.3 Å². The standard InChI is InChI=1S/C16H20N4O2/c21-14(12-3-1-2-4-12)10-19-16(22)13-5-6-18-15(9-13)20-8-7-17-11-20/h5-9,11-12,14,21H,1-4,10H2,(H,19,22). The molecule has 1 aliphatic rings. The molecule has 6 nitrogen and oxygen atoms in total. The lowest BCUT2D eigenvalue weighted by Gasteiger charge is -2.18. The van der Waals surface area contributed by atoms with Crippen LogP contribution in [0.4, 0.5) is 0 Å². The highest BCUT2D eigenvalue weighted by Gasteiger charge is 2.23. The second-order valence-electron chi connectivity index (χ2n) is 5.69. The van der Waals surface area contributed by atoms with Crippen molar-refractivity contribution in [2.24, 2.45) is 5.92 Å².